The van der Waals surface area contributed by atoms with Crippen molar-refractivity contribution in [2.24, 2.45) is 0 Å². The van der Waals surface area contributed by atoms with Crippen molar-refractivity contribution in [1.82, 2.24) is 15.0 Å². The van der Waals surface area contributed by atoms with E-state index < -0.39 is 0 Å². The van der Waals surface area contributed by atoms with E-state index in [9.17, 15) is 9.18 Å². The Kier molecular flexibility index (Phi) is 4.51. The summed E-state index contributed by atoms with van der Waals surface area (Å²) in [6.45, 7) is 0.198. The summed E-state index contributed by atoms with van der Waals surface area (Å²) in [5.74, 6) is 0.291. The van der Waals surface area contributed by atoms with Gasteiger partial charge in [-0.3, -0.25) is 9.78 Å². The molecule has 0 amide bonds. The highest BCUT2D eigenvalue weighted by Gasteiger charge is 2.10. The number of halogens is 1. The lowest BCUT2D eigenvalue weighted by atomic mass is 10.2. The van der Waals surface area contributed by atoms with Crippen molar-refractivity contribution in [3.63, 3.8) is 0 Å². The fraction of sp³-hybridized carbons (Fsp3) is 0.118. The minimum atomic E-state index is -0.332. The summed E-state index contributed by atoms with van der Waals surface area (Å²) in [5.41, 5.74) is 1.16. The lowest BCUT2D eigenvalue weighted by Gasteiger charge is -2.09. The van der Waals surface area contributed by atoms with Gasteiger partial charge in [-0.15, -0.1) is 0 Å². The molecule has 0 aliphatic carbocycles. The predicted molar refractivity (Wildman–Crippen MR) is 88.4 cm³/mol. The number of nitrogens with one attached hydrogen (secondary N) is 2. The summed E-state index contributed by atoms with van der Waals surface area (Å²) in [6.07, 6.45) is 1.59. The molecule has 2 aromatic heterocycles. The van der Waals surface area contributed by atoms with Crippen molar-refractivity contribution in [2.45, 2.75) is 6.54 Å². The maximum Gasteiger partial charge on any atom is 0.252 e. The smallest absolute Gasteiger partial charge is 0.252 e. The number of methoxy groups -OCH3 is 1. The maximum atomic E-state index is 13.7. The van der Waals surface area contributed by atoms with Crippen LogP contribution in [0.1, 0.15) is 5.56 Å². The van der Waals surface area contributed by atoms with Gasteiger partial charge in [0.2, 0.25) is 11.8 Å². The van der Waals surface area contributed by atoms with Gasteiger partial charge < -0.3 is 10.1 Å². The Morgan fingerprint density at radius 3 is 2.88 bits per heavy atom. The largest absolute Gasteiger partial charge is 0.481 e. The van der Waals surface area contributed by atoms with Crippen LogP contribution in [0.5, 0.6) is 5.88 Å². The van der Waals surface area contributed by atoms with Gasteiger partial charge in [-0.2, -0.15) is 0 Å². The van der Waals surface area contributed by atoms with E-state index in [-0.39, 0.29) is 23.9 Å². The molecule has 122 valence electrons. The molecule has 7 heteroatoms. The van der Waals surface area contributed by atoms with Gasteiger partial charge in [-0.1, -0.05) is 18.2 Å². The number of nitrogens with zero attached hydrogens (tertiary/aromatic N) is 2. The Morgan fingerprint density at radius 1 is 1.25 bits per heavy atom. The molecule has 2 heterocycles. The Bertz CT molecular complexity index is 911. The molecule has 0 aliphatic heterocycles. The van der Waals surface area contributed by atoms with Crippen LogP contribution in [0.25, 0.3) is 11.3 Å². The van der Waals surface area contributed by atoms with Crippen molar-refractivity contribution in [3.8, 4) is 17.1 Å². The van der Waals surface area contributed by atoms with E-state index in [1.54, 1.807) is 36.5 Å². The molecule has 0 bridgehead atoms. The van der Waals surface area contributed by atoms with Crippen LogP contribution in [0.4, 0.5) is 10.3 Å². The van der Waals surface area contributed by atoms with Gasteiger partial charge in [0.1, 0.15) is 5.82 Å². The van der Waals surface area contributed by atoms with Gasteiger partial charge >= 0.3 is 0 Å². The number of ether oxygens (including phenoxy) is 1. The fourth-order valence-electron chi connectivity index (χ4n) is 2.25. The first-order chi connectivity index (χ1) is 11.7. The number of H-pyrrole nitrogens is 1. The minimum absolute atomic E-state index is 0.198. The monoisotopic (exact) mass is 326 g/mol. The quantitative estimate of drug-likeness (QED) is 0.753. The molecule has 3 aromatic rings. The van der Waals surface area contributed by atoms with E-state index in [4.69, 9.17) is 4.74 Å². The summed E-state index contributed by atoms with van der Waals surface area (Å²) in [4.78, 5) is 22.9. The van der Waals surface area contributed by atoms with Gasteiger partial charge in [-0.25, -0.2) is 14.4 Å². The number of aromatic amines is 1. The summed E-state index contributed by atoms with van der Waals surface area (Å²) >= 11 is 0. The number of hydrogen-bond donors (Lipinski definition) is 2. The average Bonchev–Trinajstić information content (AvgIpc) is 2.60. The maximum absolute atomic E-state index is 13.7. The Labute approximate surface area is 137 Å². The van der Waals surface area contributed by atoms with Crippen molar-refractivity contribution in [3.05, 3.63) is 70.4 Å². The highest BCUT2D eigenvalue weighted by Crippen LogP contribution is 2.25. The predicted octanol–water partition coefficient (Wildman–Crippen LogP) is 2.59. The standard InChI is InChI=1S/C17H15FN4O2/c1-24-16-12(6-4-8-19-16)14-9-15(23)22-17(21-14)20-10-11-5-2-3-7-13(11)18/h2-9H,10H2,1H3,(H2,20,21,22,23). The highest BCUT2D eigenvalue weighted by atomic mass is 19.1. The number of rotatable bonds is 5. The molecule has 0 spiro atoms. The van der Waals surface area contributed by atoms with E-state index in [2.05, 4.69) is 20.3 Å². The number of benzene rings is 1. The van der Waals surface area contributed by atoms with E-state index in [1.165, 1.54) is 19.2 Å². The van der Waals surface area contributed by atoms with Crippen LogP contribution in [0.2, 0.25) is 0 Å². The molecular formula is C17H15FN4O2. The van der Waals surface area contributed by atoms with Crippen LogP contribution in [-0.4, -0.2) is 22.1 Å². The second-order valence-corrected chi connectivity index (χ2v) is 4.98. The molecule has 0 saturated carbocycles. The second-order valence-electron chi connectivity index (χ2n) is 4.98. The van der Waals surface area contributed by atoms with Crippen molar-refractivity contribution in [1.29, 1.82) is 0 Å². The topological polar surface area (TPSA) is 79.9 Å². The third-order valence-electron chi connectivity index (χ3n) is 3.39. The van der Waals surface area contributed by atoms with Crippen LogP contribution in [0.3, 0.4) is 0 Å². The molecule has 0 radical (unpaired) electrons. The van der Waals surface area contributed by atoms with Crippen LogP contribution < -0.4 is 15.6 Å². The lowest BCUT2D eigenvalue weighted by molar-refractivity contribution is 0.399. The zero-order valence-corrected chi connectivity index (χ0v) is 12.9. The molecule has 3 rings (SSSR count). The Balaban J connectivity index is 1.89. The molecule has 2 N–H and O–H groups in total. The van der Waals surface area contributed by atoms with Gasteiger partial charge in [-0.05, 0) is 18.2 Å². The first-order valence-electron chi connectivity index (χ1n) is 7.25. The summed E-state index contributed by atoms with van der Waals surface area (Å²) in [6, 6.07) is 11.2. The fourth-order valence-corrected chi connectivity index (χ4v) is 2.25. The zero-order valence-electron chi connectivity index (χ0n) is 12.9. The van der Waals surface area contributed by atoms with Gasteiger partial charge in [0, 0.05) is 24.4 Å². The molecule has 6 nitrogen and oxygen atoms in total. The zero-order chi connectivity index (χ0) is 16.9. The Morgan fingerprint density at radius 2 is 2.08 bits per heavy atom. The first-order valence-corrected chi connectivity index (χ1v) is 7.25. The van der Waals surface area contributed by atoms with Crippen LogP contribution in [-0.2, 0) is 6.54 Å². The summed E-state index contributed by atoms with van der Waals surface area (Å²) in [7, 11) is 1.50. The van der Waals surface area contributed by atoms with E-state index in [0.29, 0.717) is 22.7 Å². The van der Waals surface area contributed by atoms with Gasteiger partial charge in [0.05, 0.1) is 18.4 Å². The summed E-state index contributed by atoms with van der Waals surface area (Å²) < 4.78 is 18.8. The third kappa shape index (κ3) is 3.40. The van der Waals surface area contributed by atoms with Crippen molar-refractivity contribution < 1.29 is 9.13 Å². The molecule has 24 heavy (non-hydrogen) atoms. The van der Waals surface area contributed by atoms with E-state index in [0.717, 1.165) is 0 Å². The van der Waals surface area contributed by atoms with E-state index >= 15 is 0 Å². The molecular weight excluding hydrogens is 311 g/mol. The molecule has 0 aliphatic rings. The average molecular weight is 326 g/mol. The number of anilines is 1. The van der Waals surface area contributed by atoms with Crippen LogP contribution >= 0.6 is 0 Å². The van der Waals surface area contributed by atoms with Gasteiger partial charge in [0.15, 0.2) is 0 Å². The molecule has 0 fully saturated rings. The van der Waals surface area contributed by atoms with Crippen LogP contribution in [0, 0.1) is 5.82 Å². The lowest BCUT2D eigenvalue weighted by Crippen LogP contribution is -2.13. The number of hydrogen-bond acceptors (Lipinski definition) is 5. The Hall–Kier alpha value is -3.22. The minimum Gasteiger partial charge on any atom is -0.481 e. The van der Waals surface area contributed by atoms with Gasteiger partial charge in [0.25, 0.3) is 5.56 Å². The molecule has 0 saturated heterocycles. The number of pyridine rings is 1. The number of aromatic nitrogens is 3. The second kappa shape index (κ2) is 6.91. The van der Waals surface area contributed by atoms with Crippen molar-refractivity contribution >= 4 is 5.95 Å². The highest BCUT2D eigenvalue weighted by molar-refractivity contribution is 5.65. The SMILES string of the molecule is COc1ncccc1-c1cc(=O)[nH]c(NCc2ccccc2F)n1. The first kappa shape index (κ1) is 15.7. The van der Waals surface area contributed by atoms with Crippen molar-refractivity contribution in [2.75, 3.05) is 12.4 Å². The molecule has 1 aromatic carbocycles. The molecule has 0 atom stereocenters. The third-order valence-corrected chi connectivity index (χ3v) is 3.39. The van der Waals surface area contributed by atoms with Crippen LogP contribution in [0.15, 0.2) is 53.5 Å². The molecule has 0 unspecified atom stereocenters. The summed E-state index contributed by atoms with van der Waals surface area (Å²) in [5, 5.41) is 2.92. The van der Waals surface area contributed by atoms with E-state index in [1.807, 2.05) is 0 Å². The normalized spacial score (nSPS) is 10.4.